The van der Waals surface area contributed by atoms with E-state index in [0.717, 1.165) is 35.9 Å². The van der Waals surface area contributed by atoms with E-state index in [9.17, 15) is 0 Å². The predicted molar refractivity (Wildman–Crippen MR) is 104 cm³/mol. The van der Waals surface area contributed by atoms with Gasteiger partial charge in [-0.15, -0.1) is 0 Å². The lowest BCUT2D eigenvalue weighted by molar-refractivity contribution is 0.122. The third-order valence-electron chi connectivity index (χ3n) is 4.63. The van der Waals surface area contributed by atoms with E-state index in [4.69, 9.17) is 14.5 Å². The SMILES string of the molecule is COc1c(C)nc(-n2ccc(-c3cccc(C)c3)n2)nc1N1CCOCC1. The lowest BCUT2D eigenvalue weighted by Gasteiger charge is -2.29. The second-order valence-corrected chi connectivity index (χ2v) is 6.58. The van der Waals surface area contributed by atoms with Gasteiger partial charge in [0, 0.05) is 24.8 Å². The van der Waals surface area contributed by atoms with Crippen LogP contribution in [-0.4, -0.2) is 53.2 Å². The summed E-state index contributed by atoms with van der Waals surface area (Å²) in [6.07, 6.45) is 1.89. The molecule has 7 heteroatoms. The Morgan fingerprint density at radius 3 is 2.63 bits per heavy atom. The highest BCUT2D eigenvalue weighted by molar-refractivity contribution is 5.60. The molecule has 0 radical (unpaired) electrons. The van der Waals surface area contributed by atoms with Crippen LogP contribution < -0.4 is 9.64 Å². The van der Waals surface area contributed by atoms with E-state index < -0.39 is 0 Å². The fraction of sp³-hybridized carbons (Fsp3) is 0.350. The molecule has 2 aromatic heterocycles. The van der Waals surface area contributed by atoms with Crippen LogP contribution in [0.5, 0.6) is 5.75 Å². The van der Waals surface area contributed by atoms with Crippen LogP contribution in [0.3, 0.4) is 0 Å². The molecule has 3 aromatic rings. The van der Waals surface area contributed by atoms with Gasteiger partial charge in [-0.1, -0.05) is 23.8 Å². The van der Waals surface area contributed by atoms with Gasteiger partial charge in [0.25, 0.3) is 5.95 Å². The Balaban J connectivity index is 1.73. The molecule has 140 valence electrons. The molecule has 1 aliphatic rings. The molecule has 0 N–H and O–H groups in total. The van der Waals surface area contributed by atoms with Crippen LogP contribution in [0.2, 0.25) is 0 Å². The highest BCUT2D eigenvalue weighted by Crippen LogP contribution is 2.30. The predicted octanol–water partition coefficient (Wildman–Crippen LogP) is 2.79. The van der Waals surface area contributed by atoms with Crippen molar-refractivity contribution in [2.24, 2.45) is 0 Å². The van der Waals surface area contributed by atoms with Crippen LogP contribution >= 0.6 is 0 Å². The van der Waals surface area contributed by atoms with Crippen LogP contribution in [-0.2, 0) is 4.74 Å². The van der Waals surface area contributed by atoms with Gasteiger partial charge in [0.15, 0.2) is 11.6 Å². The molecule has 0 unspecified atom stereocenters. The fourth-order valence-electron chi connectivity index (χ4n) is 3.26. The van der Waals surface area contributed by atoms with Crippen molar-refractivity contribution in [3.05, 3.63) is 47.8 Å². The van der Waals surface area contributed by atoms with E-state index in [0.29, 0.717) is 24.9 Å². The second-order valence-electron chi connectivity index (χ2n) is 6.58. The van der Waals surface area contributed by atoms with Gasteiger partial charge in [-0.05, 0) is 26.0 Å². The van der Waals surface area contributed by atoms with Crippen molar-refractivity contribution >= 4 is 5.82 Å². The average Bonchev–Trinajstić information content (AvgIpc) is 3.18. The maximum Gasteiger partial charge on any atom is 0.252 e. The summed E-state index contributed by atoms with van der Waals surface area (Å²) in [4.78, 5) is 11.5. The number of aryl methyl sites for hydroxylation is 2. The summed E-state index contributed by atoms with van der Waals surface area (Å²) in [7, 11) is 1.65. The van der Waals surface area contributed by atoms with Crippen LogP contribution in [0, 0.1) is 13.8 Å². The molecule has 1 aliphatic heterocycles. The maximum atomic E-state index is 5.57. The minimum Gasteiger partial charge on any atom is -0.491 e. The topological polar surface area (TPSA) is 65.3 Å². The molecule has 7 nitrogen and oxygen atoms in total. The van der Waals surface area contributed by atoms with Crippen molar-refractivity contribution in [3.8, 4) is 23.0 Å². The molecule has 1 aromatic carbocycles. The molecule has 0 atom stereocenters. The number of anilines is 1. The van der Waals surface area contributed by atoms with Gasteiger partial charge in [0.2, 0.25) is 0 Å². The van der Waals surface area contributed by atoms with Crippen molar-refractivity contribution in [1.29, 1.82) is 0 Å². The number of rotatable bonds is 4. The Hall–Kier alpha value is -2.93. The smallest absolute Gasteiger partial charge is 0.252 e. The Kier molecular flexibility index (Phi) is 4.77. The normalized spacial score (nSPS) is 14.4. The molecular weight excluding hydrogens is 342 g/mol. The van der Waals surface area contributed by atoms with Crippen molar-refractivity contribution in [2.75, 3.05) is 38.3 Å². The van der Waals surface area contributed by atoms with Crippen molar-refractivity contribution in [2.45, 2.75) is 13.8 Å². The number of benzene rings is 1. The highest BCUT2D eigenvalue weighted by atomic mass is 16.5. The zero-order valence-electron chi connectivity index (χ0n) is 15.8. The third-order valence-corrected chi connectivity index (χ3v) is 4.63. The molecule has 0 spiro atoms. The zero-order valence-corrected chi connectivity index (χ0v) is 15.8. The number of morpholine rings is 1. The molecule has 4 rings (SSSR count). The Morgan fingerprint density at radius 1 is 1.07 bits per heavy atom. The summed E-state index contributed by atoms with van der Waals surface area (Å²) >= 11 is 0. The minimum absolute atomic E-state index is 0.536. The van der Waals surface area contributed by atoms with Gasteiger partial charge in [-0.3, -0.25) is 0 Å². The second kappa shape index (κ2) is 7.36. The average molecular weight is 365 g/mol. The quantitative estimate of drug-likeness (QED) is 0.708. The lowest BCUT2D eigenvalue weighted by atomic mass is 10.1. The first-order valence-electron chi connectivity index (χ1n) is 9.04. The van der Waals surface area contributed by atoms with E-state index >= 15 is 0 Å². The molecule has 3 heterocycles. The van der Waals surface area contributed by atoms with Crippen molar-refractivity contribution in [3.63, 3.8) is 0 Å². The molecule has 0 aliphatic carbocycles. The maximum absolute atomic E-state index is 5.57. The summed E-state index contributed by atoms with van der Waals surface area (Å²) in [5.74, 6) is 2.02. The fourth-order valence-corrected chi connectivity index (χ4v) is 3.26. The lowest BCUT2D eigenvalue weighted by Crippen LogP contribution is -2.37. The third kappa shape index (κ3) is 3.50. The van der Waals surface area contributed by atoms with Gasteiger partial charge in [0.1, 0.15) is 0 Å². The van der Waals surface area contributed by atoms with E-state index in [1.54, 1.807) is 11.8 Å². The van der Waals surface area contributed by atoms with Crippen molar-refractivity contribution < 1.29 is 9.47 Å². The van der Waals surface area contributed by atoms with Gasteiger partial charge < -0.3 is 14.4 Å². The molecule has 0 bridgehead atoms. The van der Waals surface area contributed by atoms with Crippen LogP contribution in [0.1, 0.15) is 11.3 Å². The number of methoxy groups -OCH3 is 1. The number of aromatic nitrogens is 4. The van der Waals surface area contributed by atoms with E-state index in [-0.39, 0.29) is 0 Å². The van der Waals surface area contributed by atoms with Crippen molar-refractivity contribution in [1.82, 2.24) is 19.7 Å². The van der Waals surface area contributed by atoms with E-state index in [1.165, 1.54) is 5.56 Å². The molecule has 0 saturated carbocycles. The van der Waals surface area contributed by atoms with Gasteiger partial charge in [-0.2, -0.15) is 10.1 Å². The summed E-state index contributed by atoms with van der Waals surface area (Å²) in [5.41, 5.74) is 3.96. The zero-order chi connectivity index (χ0) is 18.8. The van der Waals surface area contributed by atoms with Gasteiger partial charge in [0.05, 0.1) is 31.7 Å². The van der Waals surface area contributed by atoms with Gasteiger partial charge >= 0.3 is 0 Å². The highest BCUT2D eigenvalue weighted by Gasteiger charge is 2.21. The first kappa shape index (κ1) is 17.5. The number of hydrogen-bond donors (Lipinski definition) is 0. The molecule has 0 amide bonds. The molecular formula is C20H23N5O2. The number of ether oxygens (including phenoxy) is 2. The Morgan fingerprint density at radius 2 is 1.89 bits per heavy atom. The first-order chi connectivity index (χ1) is 13.2. The summed E-state index contributed by atoms with van der Waals surface area (Å²) < 4.78 is 12.7. The Labute approximate surface area is 158 Å². The standard InChI is InChI=1S/C20H23N5O2/c1-14-5-4-6-16(13-14)17-7-8-25(23-17)20-21-15(2)18(26-3)19(22-20)24-9-11-27-12-10-24/h4-8,13H,9-12H2,1-3H3. The van der Waals surface area contributed by atoms with Crippen LogP contribution in [0.15, 0.2) is 36.5 Å². The van der Waals surface area contributed by atoms with Gasteiger partial charge in [-0.25, -0.2) is 9.67 Å². The van der Waals surface area contributed by atoms with E-state index in [1.807, 2.05) is 25.3 Å². The summed E-state index contributed by atoms with van der Waals surface area (Å²) in [5, 5.41) is 4.68. The minimum atomic E-state index is 0.536. The first-order valence-corrected chi connectivity index (χ1v) is 9.04. The molecule has 1 fully saturated rings. The van der Waals surface area contributed by atoms with E-state index in [2.05, 4.69) is 40.1 Å². The molecule has 1 saturated heterocycles. The summed E-state index contributed by atoms with van der Waals surface area (Å²) in [6, 6.07) is 10.3. The number of hydrogen-bond acceptors (Lipinski definition) is 6. The van der Waals surface area contributed by atoms with Crippen LogP contribution in [0.4, 0.5) is 5.82 Å². The Bertz CT molecular complexity index is 947. The molecule has 27 heavy (non-hydrogen) atoms. The largest absolute Gasteiger partial charge is 0.491 e. The monoisotopic (exact) mass is 365 g/mol. The van der Waals surface area contributed by atoms with Crippen LogP contribution in [0.25, 0.3) is 17.2 Å². The number of nitrogens with zero attached hydrogens (tertiary/aromatic N) is 5. The summed E-state index contributed by atoms with van der Waals surface area (Å²) in [6.45, 7) is 6.92.